The van der Waals surface area contributed by atoms with E-state index in [1.807, 2.05) is 6.07 Å². The van der Waals surface area contributed by atoms with Gasteiger partial charge in [0.05, 0.1) is 18.0 Å². The minimum Gasteiger partial charge on any atom is -0.337 e. The van der Waals surface area contributed by atoms with Crippen molar-refractivity contribution in [3.8, 4) is 0 Å². The third-order valence-corrected chi connectivity index (χ3v) is 3.87. The summed E-state index contributed by atoms with van der Waals surface area (Å²) < 4.78 is 15.7. The topological polar surface area (TPSA) is 17.3 Å². The summed E-state index contributed by atoms with van der Waals surface area (Å²) in [4.78, 5) is 4.62. The molecule has 0 fully saturated rings. The Morgan fingerprint density at radius 3 is 3.12 bits per heavy atom. The van der Waals surface area contributed by atoms with Crippen LogP contribution < -0.4 is 0 Å². The molecule has 0 unspecified atom stereocenters. The Bertz CT molecular complexity index is 652. The average Bonchev–Trinajstić information content (AvgIpc) is 2.67. The second-order valence-electron chi connectivity index (χ2n) is 4.82. The summed E-state index contributed by atoms with van der Waals surface area (Å²) >= 11 is 0. The molecular weight excluding hydrogens is 215 g/mol. The Labute approximate surface area is 98.8 Å². The predicted octanol–water partition coefficient (Wildman–Crippen LogP) is 2.92. The maximum absolute atomic E-state index is 13.4. The number of hydrogen-bond acceptors (Lipinski definition) is 1. The van der Waals surface area contributed by atoms with Gasteiger partial charge in [-0.3, -0.25) is 4.99 Å². The molecule has 0 N–H and O–H groups in total. The fourth-order valence-corrected chi connectivity index (χ4v) is 3.20. The lowest BCUT2D eigenvalue weighted by atomic mass is 9.93. The summed E-state index contributed by atoms with van der Waals surface area (Å²) in [5.41, 5.74) is 4.99. The third-order valence-electron chi connectivity index (χ3n) is 3.87. The highest BCUT2D eigenvalue weighted by Crippen LogP contribution is 2.34. The number of aliphatic imine (C=N–C) groups is 1. The number of nitrogens with zero attached hydrogens (tertiary/aromatic N) is 2. The molecule has 1 aromatic carbocycles. The van der Waals surface area contributed by atoms with Crippen LogP contribution in [0.15, 0.2) is 23.2 Å². The van der Waals surface area contributed by atoms with Crippen molar-refractivity contribution in [1.82, 2.24) is 4.57 Å². The van der Waals surface area contributed by atoms with E-state index in [2.05, 4.69) is 9.56 Å². The highest BCUT2D eigenvalue weighted by molar-refractivity contribution is 6.07. The molecule has 0 spiro atoms. The highest BCUT2D eigenvalue weighted by Gasteiger charge is 2.26. The van der Waals surface area contributed by atoms with Crippen LogP contribution in [0.25, 0.3) is 10.9 Å². The maximum Gasteiger partial charge on any atom is 0.123 e. The van der Waals surface area contributed by atoms with Crippen LogP contribution in [0, 0.1) is 5.82 Å². The summed E-state index contributed by atoms with van der Waals surface area (Å²) in [5, 5.41) is 1.09. The first-order chi connectivity index (χ1) is 8.34. The predicted molar refractivity (Wildman–Crippen MR) is 66.2 cm³/mol. The number of hydrogen-bond donors (Lipinski definition) is 0. The van der Waals surface area contributed by atoms with Crippen LogP contribution in [0.3, 0.4) is 0 Å². The van der Waals surface area contributed by atoms with Crippen molar-refractivity contribution in [2.75, 3.05) is 6.54 Å². The molecular formula is C14H13FN2. The monoisotopic (exact) mass is 228 g/mol. The van der Waals surface area contributed by atoms with Gasteiger partial charge in [0.15, 0.2) is 0 Å². The summed E-state index contributed by atoms with van der Waals surface area (Å²) in [6.07, 6.45) is 3.27. The Kier molecular flexibility index (Phi) is 1.76. The molecule has 1 aliphatic heterocycles. The number of halogens is 1. The molecule has 0 atom stereocenters. The Morgan fingerprint density at radius 1 is 1.24 bits per heavy atom. The van der Waals surface area contributed by atoms with Crippen molar-refractivity contribution in [2.45, 2.75) is 25.8 Å². The number of benzene rings is 1. The Balaban J connectivity index is 2.16. The van der Waals surface area contributed by atoms with Crippen LogP contribution in [0.2, 0.25) is 0 Å². The van der Waals surface area contributed by atoms with Crippen LogP contribution in [-0.2, 0) is 13.0 Å². The highest BCUT2D eigenvalue weighted by atomic mass is 19.1. The van der Waals surface area contributed by atoms with Gasteiger partial charge in [-0.25, -0.2) is 4.39 Å². The molecule has 4 rings (SSSR count). The summed E-state index contributed by atoms with van der Waals surface area (Å²) in [5.74, 6) is -0.138. The fourth-order valence-electron chi connectivity index (χ4n) is 3.20. The molecule has 0 amide bonds. The molecule has 0 saturated heterocycles. The lowest BCUT2D eigenvalue weighted by Gasteiger charge is -2.21. The van der Waals surface area contributed by atoms with E-state index in [1.165, 1.54) is 22.5 Å². The first-order valence-electron chi connectivity index (χ1n) is 6.19. The summed E-state index contributed by atoms with van der Waals surface area (Å²) in [7, 11) is 0. The van der Waals surface area contributed by atoms with E-state index in [4.69, 9.17) is 0 Å². The first-order valence-corrected chi connectivity index (χ1v) is 6.19. The lowest BCUT2D eigenvalue weighted by molar-refractivity contribution is 0.629. The standard InChI is InChI=1S/C14H13FN2/c15-9-4-5-13-11(8-9)10-2-1-3-12-14(10)17(13)7-6-16-12/h4-5,8H,1-3,6-7H2. The van der Waals surface area contributed by atoms with Crippen molar-refractivity contribution in [3.05, 3.63) is 35.3 Å². The maximum atomic E-state index is 13.4. The smallest absolute Gasteiger partial charge is 0.123 e. The molecule has 17 heavy (non-hydrogen) atoms. The van der Waals surface area contributed by atoms with Gasteiger partial charge in [0.25, 0.3) is 0 Å². The SMILES string of the molecule is Fc1ccc2c(c1)c1c3n2CCN=C3CCC1. The zero-order valence-corrected chi connectivity index (χ0v) is 9.54. The number of rotatable bonds is 0. The molecule has 1 aromatic heterocycles. The first kappa shape index (κ1) is 9.40. The molecule has 2 heterocycles. The van der Waals surface area contributed by atoms with Crippen LogP contribution in [0.1, 0.15) is 24.1 Å². The molecule has 2 aromatic rings. The molecule has 0 radical (unpaired) electrons. The zero-order chi connectivity index (χ0) is 11.4. The van der Waals surface area contributed by atoms with E-state index in [1.54, 1.807) is 12.1 Å². The van der Waals surface area contributed by atoms with Gasteiger partial charge in [0.1, 0.15) is 5.82 Å². The van der Waals surface area contributed by atoms with Gasteiger partial charge in [-0.15, -0.1) is 0 Å². The second-order valence-corrected chi connectivity index (χ2v) is 4.82. The molecule has 0 saturated carbocycles. The van der Waals surface area contributed by atoms with Gasteiger partial charge in [-0.2, -0.15) is 0 Å². The van der Waals surface area contributed by atoms with Gasteiger partial charge in [-0.05, 0) is 43.0 Å². The van der Waals surface area contributed by atoms with Crippen molar-refractivity contribution in [2.24, 2.45) is 4.99 Å². The van der Waals surface area contributed by atoms with Crippen LogP contribution in [0.4, 0.5) is 4.39 Å². The number of aromatic nitrogens is 1. The van der Waals surface area contributed by atoms with E-state index in [0.717, 1.165) is 37.7 Å². The van der Waals surface area contributed by atoms with Crippen molar-refractivity contribution in [3.63, 3.8) is 0 Å². The van der Waals surface area contributed by atoms with Gasteiger partial charge >= 0.3 is 0 Å². The van der Waals surface area contributed by atoms with E-state index >= 15 is 0 Å². The van der Waals surface area contributed by atoms with E-state index in [9.17, 15) is 4.39 Å². The quantitative estimate of drug-likeness (QED) is 0.659. The minimum absolute atomic E-state index is 0.138. The molecule has 86 valence electrons. The fraction of sp³-hybridized carbons (Fsp3) is 0.357. The van der Waals surface area contributed by atoms with Crippen LogP contribution in [0.5, 0.6) is 0 Å². The summed E-state index contributed by atoms with van der Waals surface area (Å²) in [6.45, 7) is 1.80. The van der Waals surface area contributed by atoms with E-state index in [0.29, 0.717) is 0 Å². The molecule has 2 nitrogen and oxygen atoms in total. The normalized spacial score (nSPS) is 18.1. The van der Waals surface area contributed by atoms with Crippen LogP contribution in [-0.4, -0.2) is 16.8 Å². The molecule has 1 aliphatic carbocycles. The molecule has 3 heteroatoms. The number of fused-ring (bicyclic) bond motifs is 3. The lowest BCUT2D eigenvalue weighted by Crippen LogP contribution is -2.22. The minimum atomic E-state index is -0.138. The van der Waals surface area contributed by atoms with Crippen molar-refractivity contribution in [1.29, 1.82) is 0 Å². The second kappa shape index (κ2) is 3.19. The largest absolute Gasteiger partial charge is 0.337 e. The zero-order valence-electron chi connectivity index (χ0n) is 9.54. The van der Waals surface area contributed by atoms with Crippen molar-refractivity contribution < 1.29 is 4.39 Å². The van der Waals surface area contributed by atoms with Crippen LogP contribution >= 0.6 is 0 Å². The third kappa shape index (κ3) is 1.17. The number of aryl methyl sites for hydroxylation is 1. The van der Waals surface area contributed by atoms with Gasteiger partial charge in [-0.1, -0.05) is 0 Å². The van der Waals surface area contributed by atoms with Gasteiger partial charge in [0.2, 0.25) is 0 Å². The van der Waals surface area contributed by atoms with Gasteiger partial charge in [0, 0.05) is 17.4 Å². The molecule has 0 bridgehead atoms. The Hall–Kier alpha value is -1.64. The van der Waals surface area contributed by atoms with Crippen molar-refractivity contribution >= 4 is 16.6 Å². The van der Waals surface area contributed by atoms with E-state index in [-0.39, 0.29) is 5.82 Å². The summed E-state index contributed by atoms with van der Waals surface area (Å²) in [6, 6.07) is 5.15. The molecule has 2 aliphatic rings. The average molecular weight is 228 g/mol. The van der Waals surface area contributed by atoms with Gasteiger partial charge < -0.3 is 4.57 Å². The van der Waals surface area contributed by atoms with E-state index < -0.39 is 0 Å². The Morgan fingerprint density at radius 2 is 2.18 bits per heavy atom.